The number of benzene rings is 1. The van der Waals surface area contributed by atoms with Crippen molar-refractivity contribution in [2.24, 2.45) is 16.8 Å². The highest BCUT2D eigenvalue weighted by Gasteiger charge is 2.37. The van der Waals surface area contributed by atoms with E-state index in [2.05, 4.69) is 39.2 Å². The number of esters is 1. The van der Waals surface area contributed by atoms with Crippen LogP contribution in [0.2, 0.25) is 5.02 Å². The number of likely N-dealkylation sites (tertiary alicyclic amines) is 1. The highest BCUT2D eigenvalue weighted by Crippen LogP contribution is 2.25. The van der Waals surface area contributed by atoms with Gasteiger partial charge in [-0.25, -0.2) is 0 Å². The second-order valence-electron chi connectivity index (χ2n) is 7.66. The molecule has 0 amide bonds. The van der Waals surface area contributed by atoms with Gasteiger partial charge in [-0.3, -0.25) is 14.7 Å². The standard InChI is InChI=1S/C21H31ClN4O3.HI/c1-15-13-26(14-18(15)20(27)28-3)21(23-2)24-12-19(25-8-10-29-11-9-25)16-4-6-17(22)7-5-16;/h4-7,15,18-19H,8-14H2,1-3H3,(H,23,24);1H. The molecule has 0 radical (unpaired) electrons. The molecular weight excluding hydrogens is 519 g/mol. The molecule has 30 heavy (non-hydrogen) atoms. The molecule has 3 unspecified atom stereocenters. The Morgan fingerprint density at radius 2 is 1.97 bits per heavy atom. The number of ether oxygens (including phenoxy) is 2. The Labute approximate surface area is 201 Å². The first-order chi connectivity index (χ1) is 14.0. The maximum atomic E-state index is 12.0. The molecule has 0 spiro atoms. The number of aliphatic imine (C=N–C) groups is 1. The van der Waals surface area contributed by atoms with E-state index in [9.17, 15) is 4.79 Å². The molecule has 0 saturated carbocycles. The molecule has 2 aliphatic rings. The number of nitrogens with zero attached hydrogens (tertiary/aromatic N) is 3. The maximum absolute atomic E-state index is 12.0. The Bertz CT molecular complexity index is 713. The van der Waals surface area contributed by atoms with Crippen LogP contribution >= 0.6 is 35.6 Å². The predicted molar refractivity (Wildman–Crippen MR) is 130 cm³/mol. The van der Waals surface area contributed by atoms with E-state index in [0.717, 1.165) is 43.8 Å². The maximum Gasteiger partial charge on any atom is 0.310 e. The van der Waals surface area contributed by atoms with Crippen molar-refractivity contribution in [3.8, 4) is 0 Å². The predicted octanol–water partition coefficient (Wildman–Crippen LogP) is 2.65. The van der Waals surface area contributed by atoms with Gasteiger partial charge in [-0.05, 0) is 23.6 Å². The fourth-order valence-electron chi connectivity index (χ4n) is 4.15. The summed E-state index contributed by atoms with van der Waals surface area (Å²) in [6.07, 6.45) is 0. The summed E-state index contributed by atoms with van der Waals surface area (Å²) < 4.78 is 10.5. The Balaban J connectivity index is 0.00000320. The van der Waals surface area contributed by atoms with Gasteiger partial charge in [0.2, 0.25) is 0 Å². The molecule has 2 fully saturated rings. The van der Waals surface area contributed by atoms with Crippen molar-refractivity contribution < 1.29 is 14.3 Å². The van der Waals surface area contributed by atoms with Crippen LogP contribution in [-0.2, 0) is 14.3 Å². The largest absolute Gasteiger partial charge is 0.469 e. The molecule has 1 N–H and O–H groups in total. The summed E-state index contributed by atoms with van der Waals surface area (Å²) in [5.41, 5.74) is 1.21. The molecule has 1 aromatic rings. The number of morpholine rings is 1. The van der Waals surface area contributed by atoms with Crippen LogP contribution in [0.4, 0.5) is 0 Å². The molecule has 1 aromatic carbocycles. The number of hydrogen-bond acceptors (Lipinski definition) is 5. The van der Waals surface area contributed by atoms with Crippen molar-refractivity contribution >= 4 is 47.5 Å². The minimum absolute atomic E-state index is 0. The summed E-state index contributed by atoms with van der Waals surface area (Å²) in [6, 6.07) is 8.21. The van der Waals surface area contributed by atoms with Gasteiger partial charge in [0.05, 0.1) is 32.3 Å². The molecule has 0 aliphatic carbocycles. The Kier molecular flexibility index (Phi) is 10.1. The van der Waals surface area contributed by atoms with E-state index in [4.69, 9.17) is 21.1 Å². The van der Waals surface area contributed by atoms with Crippen LogP contribution < -0.4 is 5.32 Å². The molecule has 2 aliphatic heterocycles. The van der Waals surface area contributed by atoms with Gasteiger partial charge < -0.3 is 19.7 Å². The lowest BCUT2D eigenvalue weighted by molar-refractivity contribution is -0.145. The van der Waals surface area contributed by atoms with Crippen LogP contribution in [0.3, 0.4) is 0 Å². The Morgan fingerprint density at radius 1 is 1.30 bits per heavy atom. The topological polar surface area (TPSA) is 66.4 Å². The third kappa shape index (κ3) is 6.21. The van der Waals surface area contributed by atoms with Crippen molar-refractivity contribution in [1.82, 2.24) is 15.1 Å². The molecular formula is C21H32ClIN4O3. The minimum atomic E-state index is -0.150. The van der Waals surface area contributed by atoms with E-state index in [1.165, 1.54) is 12.7 Å². The van der Waals surface area contributed by atoms with E-state index in [1.807, 2.05) is 12.1 Å². The zero-order valence-electron chi connectivity index (χ0n) is 17.8. The SMILES string of the molecule is CN=C(NCC(c1ccc(Cl)cc1)N1CCOCC1)N1CC(C)C(C(=O)OC)C1.I. The monoisotopic (exact) mass is 550 g/mol. The number of guanidine groups is 1. The van der Waals surface area contributed by atoms with Crippen LogP contribution in [0.1, 0.15) is 18.5 Å². The number of carbonyl (C=O) groups excluding carboxylic acids is 1. The summed E-state index contributed by atoms with van der Waals surface area (Å²) in [5, 5.41) is 4.26. The molecule has 2 saturated heterocycles. The Morgan fingerprint density at radius 3 is 2.57 bits per heavy atom. The van der Waals surface area contributed by atoms with Crippen molar-refractivity contribution in [3.05, 3.63) is 34.9 Å². The van der Waals surface area contributed by atoms with E-state index >= 15 is 0 Å². The van der Waals surface area contributed by atoms with Crippen LogP contribution in [0.25, 0.3) is 0 Å². The van der Waals surface area contributed by atoms with Crippen LogP contribution in [0.5, 0.6) is 0 Å². The summed E-state index contributed by atoms with van der Waals surface area (Å²) in [4.78, 5) is 21.1. The molecule has 168 valence electrons. The van der Waals surface area contributed by atoms with Gasteiger partial charge in [-0.15, -0.1) is 24.0 Å². The minimum Gasteiger partial charge on any atom is -0.469 e. The second-order valence-corrected chi connectivity index (χ2v) is 8.09. The van der Waals surface area contributed by atoms with Gasteiger partial charge in [0, 0.05) is 44.8 Å². The van der Waals surface area contributed by atoms with Crippen molar-refractivity contribution in [3.63, 3.8) is 0 Å². The van der Waals surface area contributed by atoms with E-state index in [1.54, 1.807) is 7.05 Å². The van der Waals surface area contributed by atoms with E-state index < -0.39 is 0 Å². The first-order valence-electron chi connectivity index (χ1n) is 10.1. The average molecular weight is 551 g/mol. The normalized spacial score (nSPS) is 23.6. The molecule has 0 aromatic heterocycles. The summed E-state index contributed by atoms with van der Waals surface area (Å²) in [7, 11) is 3.23. The zero-order chi connectivity index (χ0) is 20.8. The Hall–Kier alpha value is -1.10. The van der Waals surface area contributed by atoms with E-state index in [0.29, 0.717) is 13.1 Å². The number of methoxy groups -OCH3 is 1. The number of halogens is 2. The fraction of sp³-hybridized carbons (Fsp3) is 0.619. The number of carbonyl (C=O) groups is 1. The summed E-state index contributed by atoms with van der Waals surface area (Å²) in [5.74, 6) is 0.774. The van der Waals surface area contributed by atoms with Crippen LogP contribution in [0.15, 0.2) is 29.3 Å². The highest BCUT2D eigenvalue weighted by atomic mass is 127. The smallest absolute Gasteiger partial charge is 0.310 e. The van der Waals surface area contributed by atoms with E-state index in [-0.39, 0.29) is 47.8 Å². The third-order valence-corrected chi connectivity index (χ3v) is 6.07. The number of nitrogens with one attached hydrogen (secondary N) is 1. The van der Waals surface area contributed by atoms with Crippen molar-refractivity contribution in [2.45, 2.75) is 13.0 Å². The first-order valence-corrected chi connectivity index (χ1v) is 10.5. The van der Waals surface area contributed by atoms with Crippen molar-refractivity contribution in [1.29, 1.82) is 0 Å². The molecule has 9 heteroatoms. The lowest BCUT2D eigenvalue weighted by atomic mass is 9.99. The lowest BCUT2D eigenvalue weighted by Crippen LogP contribution is -2.47. The lowest BCUT2D eigenvalue weighted by Gasteiger charge is -2.35. The quantitative estimate of drug-likeness (QED) is 0.263. The number of hydrogen-bond donors (Lipinski definition) is 1. The molecule has 0 bridgehead atoms. The zero-order valence-corrected chi connectivity index (χ0v) is 20.9. The summed E-state index contributed by atoms with van der Waals surface area (Å²) in [6.45, 7) is 7.45. The molecule has 2 heterocycles. The van der Waals surface area contributed by atoms with Gasteiger partial charge in [-0.2, -0.15) is 0 Å². The van der Waals surface area contributed by atoms with Crippen LogP contribution in [0, 0.1) is 11.8 Å². The van der Waals surface area contributed by atoms with Crippen LogP contribution in [-0.4, -0.2) is 81.8 Å². The van der Waals surface area contributed by atoms with Crippen molar-refractivity contribution in [2.75, 3.05) is 60.1 Å². The third-order valence-electron chi connectivity index (χ3n) is 5.82. The number of rotatable bonds is 5. The van der Waals surface area contributed by atoms with Gasteiger partial charge in [0.15, 0.2) is 5.96 Å². The first kappa shape index (κ1) is 25.2. The fourth-order valence-corrected chi connectivity index (χ4v) is 4.28. The highest BCUT2D eigenvalue weighted by molar-refractivity contribution is 14.0. The van der Waals surface area contributed by atoms with Gasteiger partial charge in [0.25, 0.3) is 0 Å². The van der Waals surface area contributed by atoms with Gasteiger partial charge in [0.1, 0.15) is 0 Å². The van der Waals surface area contributed by atoms with Gasteiger partial charge >= 0.3 is 5.97 Å². The summed E-state index contributed by atoms with van der Waals surface area (Å²) >= 11 is 6.09. The van der Waals surface area contributed by atoms with Gasteiger partial charge in [-0.1, -0.05) is 30.7 Å². The molecule has 7 nitrogen and oxygen atoms in total. The molecule has 3 atom stereocenters. The average Bonchev–Trinajstić information content (AvgIpc) is 3.13. The second kappa shape index (κ2) is 12.1. The molecule has 3 rings (SSSR count).